The van der Waals surface area contributed by atoms with Gasteiger partial charge in [-0.2, -0.15) is 5.26 Å². The molecule has 1 atom stereocenters. The molecule has 100 valence electrons. The van der Waals surface area contributed by atoms with Gasteiger partial charge >= 0.3 is 0 Å². The van der Waals surface area contributed by atoms with Crippen LogP contribution in [0.5, 0.6) is 0 Å². The van der Waals surface area contributed by atoms with Gasteiger partial charge in [-0.05, 0) is 43.9 Å². The van der Waals surface area contributed by atoms with Gasteiger partial charge in [-0.1, -0.05) is 6.07 Å². The van der Waals surface area contributed by atoms with Crippen molar-refractivity contribution < 1.29 is 4.79 Å². The first-order valence-electron chi connectivity index (χ1n) is 6.24. The third-order valence-electron chi connectivity index (χ3n) is 3.25. The highest BCUT2D eigenvalue weighted by atomic mass is 32.2. The van der Waals surface area contributed by atoms with E-state index >= 15 is 0 Å². The third kappa shape index (κ3) is 3.65. The summed E-state index contributed by atoms with van der Waals surface area (Å²) in [5, 5.41) is 12.0. The zero-order valence-corrected chi connectivity index (χ0v) is 11.7. The Bertz CT molecular complexity index is 522. The minimum Gasteiger partial charge on any atom is -0.399 e. The first kappa shape index (κ1) is 13.8. The molecule has 19 heavy (non-hydrogen) atoms. The molecule has 1 unspecified atom stereocenters. The number of benzene rings is 1. The number of rotatable bonds is 5. The summed E-state index contributed by atoms with van der Waals surface area (Å²) in [7, 11) is 0. The Balaban J connectivity index is 1.86. The van der Waals surface area contributed by atoms with Crippen molar-refractivity contribution in [3.8, 4) is 6.07 Å². The molecule has 1 aromatic rings. The maximum Gasteiger partial charge on any atom is 0.231 e. The average molecular weight is 275 g/mol. The highest BCUT2D eigenvalue weighted by molar-refractivity contribution is 8.00. The summed E-state index contributed by atoms with van der Waals surface area (Å²) in [6.45, 7) is 1.80. The van der Waals surface area contributed by atoms with Crippen molar-refractivity contribution in [3.05, 3.63) is 24.3 Å². The molecule has 1 aliphatic carbocycles. The Morgan fingerprint density at radius 3 is 2.95 bits per heavy atom. The van der Waals surface area contributed by atoms with Crippen molar-refractivity contribution in [2.45, 2.75) is 30.2 Å². The number of hydrogen-bond acceptors (Lipinski definition) is 4. The lowest BCUT2D eigenvalue weighted by Crippen LogP contribution is -2.47. The second-order valence-electron chi connectivity index (χ2n) is 5.00. The molecule has 5 heteroatoms. The summed E-state index contributed by atoms with van der Waals surface area (Å²) in [5.41, 5.74) is 5.65. The van der Waals surface area contributed by atoms with Crippen LogP contribution in [0.25, 0.3) is 0 Å². The van der Waals surface area contributed by atoms with Gasteiger partial charge in [0.2, 0.25) is 5.91 Å². The number of amides is 1. The molecule has 0 radical (unpaired) electrons. The largest absolute Gasteiger partial charge is 0.399 e. The van der Waals surface area contributed by atoms with E-state index in [1.165, 1.54) is 11.8 Å². The highest BCUT2D eigenvalue weighted by Gasteiger charge is 2.42. The second kappa shape index (κ2) is 5.54. The number of nitrogens with two attached hydrogens (primary N) is 1. The lowest BCUT2D eigenvalue weighted by molar-refractivity contribution is -0.119. The van der Waals surface area contributed by atoms with E-state index in [0.29, 0.717) is 17.4 Å². The van der Waals surface area contributed by atoms with Gasteiger partial charge in [0.25, 0.3) is 0 Å². The molecule has 4 nitrogen and oxygen atoms in total. The van der Waals surface area contributed by atoms with Gasteiger partial charge in [0, 0.05) is 10.6 Å². The third-order valence-corrected chi connectivity index (χ3v) is 4.25. The van der Waals surface area contributed by atoms with Crippen LogP contribution in [0.2, 0.25) is 0 Å². The van der Waals surface area contributed by atoms with Crippen LogP contribution in [0.4, 0.5) is 5.69 Å². The molecule has 0 spiro atoms. The SMILES string of the molecule is CC(C#N)(NC(=O)CSc1cccc(N)c1)C1CC1. The van der Waals surface area contributed by atoms with Gasteiger partial charge in [-0.15, -0.1) is 11.8 Å². The Morgan fingerprint density at radius 2 is 2.37 bits per heavy atom. The van der Waals surface area contributed by atoms with Gasteiger partial charge in [0.05, 0.1) is 11.8 Å². The van der Waals surface area contributed by atoms with Crippen molar-refractivity contribution in [2.24, 2.45) is 5.92 Å². The summed E-state index contributed by atoms with van der Waals surface area (Å²) in [4.78, 5) is 12.9. The van der Waals surface area contributed by atoms with Crippen LogP contribution in [-0.4, -0.2) is 17.2 Å². The van der Waals surface area contributed by atoms with Crippen LogP contribution in [0, 0.1) is 17.2 Å². The Morgan fingerprint density at radius 1 is 1.63 bits per heavy atom. The maximum absolute atomic E-state index is 11.9. The van der Waals surface area contributed by atoms with Gasteiger partial charge in [0.1, 0.15) is 5.54 Å². The normalized spacial score (nSPS) is 17.3. The van der Waals surface area contributed by atoms with Crippen molar-refractivity contribution in [2.75, 3.05) is 11.5 Å². The van der Waals surface area contributed by atoms with Crippen LogP contribution in [-0.2, 0) is 4.79 Å². The fourth-order valence-corrected chi connectivity index (χ4v) is 2.73. The minimum absolute atomic E-state index is 0.108. The number of anilines is 1. The zero-order chi connectivity index (χ0) is 13.9. The first-order valence-corrected chi connectivity index (χ1v) is 7.22. The van der Waals surface area contributed by atoms with E-state index in [1.807, 2.05) is 24.3 Å². The smallest absolute Gasteiger partial charge is 0.231 e. The Labute approximate surface area is 117 Å². The van der Waals surface area contributed by atoms with Crippen molar-refractivity contribution in [1.29, 1.82) is 5.26 Å². The summed E-state index contributed by atoms with van der Waals surface area (Å²) in [6, 6.07) is 9.64. The lowest BCUT2D eigenvalue weighted by Gasteiger charge is -2.22. The number of nitrogen functional groups attached to an aromatic ring is 1. The standard InChI is InChI=1S/C14H17N3OS/c1-14(9-15,10-5-6-10)17-13(18)8-19-12-4-2-3-11(16)7-12/h2-4,7,10H,5-6,8,16H2,1H3,(H,17,18). The van der Waals surface area contributed by atoms with Crippen LogP contribution in [0.3, 0.4) is 0 Å². The maximum atomic E-state index is 11.9. The van der Waals surface area contributed by atoms with Crippen LogP contribution in [0.1, 0.15) is 19.8 Å². The summed E-state index contributed by atoms with van der Waals surface area (Å²) < 4.78 is 0. The van der Waals surface area contributed by atoms with Gasteiger partial charge in [0.15, 0.2) is 0 Å². The molecular weight excluding hydrogens is 258 g/mol. The molecule has 0 heterocycles. The molecule has 1 aromatic carbocycles. The van der Waals surface area contributed by atoms with Crippen LogP contribution < -0.4 is 11.1 Å². The van der Waals surface area contributed by atoms with Gasteiger partial charge in [-0.25, -0.2) is 0 Å². The van der Waals surface area contributed by atoms with E-state index < -0.39 is 5.54 Å². The zero-order valence-electron chi connectivity index (χ0n) is 10.8. The van der Waals surface area contributed by atoms with E-state index in [0.717, 1.165) is 17.7 Å². The van der Waals surface area contributed by atoms with Gasteiger partial charge < -0.3 is 11.1 Å². The van der Waals surface area contributed by atoms with Crippen molar-refractivity contribution >= 4 is 23.4 Å². The molecular formula is C14H17N3OS. The van der Waals surface area contributed by atoms with Crippen molar-refractivity contribution in [1.82, 2.24) is 5.32 Å². The minimum atomic E-state index is -0.715. The lowest BCUT2D eigenvalue weighted by atomic mass is 9.98. The number of carbonyl (C=O) groups is 1. The molecule has 0 bridgehead atoms. The molecule has 0 saturated heterocycles. The number of thioether (sulfide) groups is 1. The second-order valence-corrected chi connectivity index (χ2v) is 6.05. The predicted octanol–water partition coefficient (Wildman–Crippen LogP) is 2.17. The average Bonchev–Trinajstić information content (AvgIpc) is 3.21. The predicted molar refractivity (Wildman–Crippen MR) is 76.5 cm³/mol. The van der Waals surface area contributed by atoms with Crippen LogP contribution >= 0.6 is 11.8 Å². The van der Waals surface area contributed by atoms with E-state index in [2.05, 4.69) is 11.4 Å². The fraction of sp³-hybridized carbons (Fsp3) is 0.429. The molecule has 1 saturated carbocycles. The number of hydrogen-bond donors (Lipinski definition) is 2. The van der Waals surface area contributed by atoms with E-state index in [9.17, 15) is 10.1 Å². The van der Waals surface area contributed by atoms with E-state index in [4.69, 9.17) is 5.73 Å². The van der Waals surface area contributed by atoms with Gasteiger partial charge in [-0.3, -0.25) is 4.79 Å². The van der Waals surface area contributed by atoms with E-state index in [1.54, 1.807) is 6.92 Å². The Kier molecular flexibility index (Phi) is 4.01. The van der Waals surface area contributed by atoms with Crippen LogP contribution in [0.15, 0.2) is 29.2 Å². The Hall–Kier alpha value is -1.67. The van der Waals surface area contributed by atoms with E-state index in [-0.39, 0.29) is 5.91 Å². The van der Waals surface area contributed by atoms with Crippen molar-refractivity contribution in [3.63, 3.8) is 0 Å². The molecule has 1 amide bonds. The molecule has 1 aliphatic rings. The fourth-order valence-electron chi connectivity index (χ4n) is 1.96. The summed E-state index contributed by atoms with van der Waals surface area (Å²) >= 11 is 1.42. The monoisotopic (exact) mass is 275 g/mol. The topological polar surface area (TPSA) is 78.9 Å². The highest BCUT2D eigenvalue weighted by Crippen LogP contribution is 2.39. The molecule has 0 aliphatic heterocycles. The quantitative estimate of drug-likeness (QED) is 0.637. The molecule has 0 aromatic heterocycles. The number of carbonyl (C=O) groups excluding carboxylic acids is 1. The summed E-state index contributed by atoms with van der Waals surface area (Å²) in [5.74, 6) is 0.496. The number of nitriles is 1. The number of nitrogens with zero attached hydrogens (tertiary/aromatic N) is 1. The summed E-state index contributed by atoms with van der Waals surface area (Å²) in [6.07, 6.45) is 2.04. The molecule has 1 fully saturated rings. The molecule has 2 rings (SSSR count). The number of nitrogens with one attached hydrogen (secondary N) is 1. The first-order chi connectivity index (χ1) is 9.03. The molecule has 3 N–H and O–H groups in total.